The van der Waals surface area contributed by atoms with Crippen LogP contribution in [0.25, 0.3) is 0 Å². The second-order valence-corrected chi connectivity index (χ2v) is 4.38. The molecule has 0 aromatic carbocycles. The van der Waals surface area contributed by atoms with Crippen molar-refractivity contribution in [1.29, 1.82) is 0 Å². The van der Waals surface area contributed by atoms with Gasteiger partial charge in [-0.25, -0.2) is 9.78 Å². The van der Waals surface area contributed by atoms with E-state index in [2.05, 4.69) is 15.2 Å². The summed E-state index contributed by atoms with van der Waals surface area (Å²) in [7, 11) is 3.74. The molecule has 0 aliphatic carbocycles. The molecule has 0 amide bonds. The first kappa shape index (κ1) is 16.4. The highest BCUT2D eigenvalue weighted by atomic mass is 16.5. The summed E-state index contributed by atoms with van der Waals surface area (Å²) in [5, 5.41) is 3.20. The quantitative estimate of drug-likeness (QED) is 0.687. The summed E-state index contributed by atoms with van der Waals surface area (Å²) >= 11 is 0. The molecule has 0 spiro atoms. The molecular formula is C14H23N3O3. The number of aromatic nitrogens is 1. The maximum absolute atomic E-state index is 11.5. The van der Waals surface area contributed by atoms with Crippen LogP contribution in [0.5, 0.6) is 0 Å². The highest BCUT2D eigenvalue weighted by molar-refractivity contribution is 5.89. The Labute approximate surface area is 120 Å². The lowest BCUT2D eigenvalue weighted by atomic mass is 10.3. The summed E-state index contributed by atoms with van der Waals surface area (Å²) in [4.78, 5) is 17.8. The van der Waals surface area contributed by atoms with E-state index in [1.54, 1.807) is 26.2 Å². The van der Waals surface area contributed by atoms with E-state index in [1.807, 2.05) is 7.05 Å². The number of nitrogens with zero attached hydrogens (tertiary/aromatic N) is 2. The third-order valence-corrected chi connectivity index (χ3v) is 2.75. The first-order chi connectivity index (χ1) is 9.67. The zero-order chi connectivity index (χ0) is 14.8. The molecule has 1 aromatic rings. The van der Waals surface area contributed by atoms with Gasteiger partial charge in [0.05, 0.1) is 18.8 Å². The zero-order valence-electron chi connectivity index (χ0n) is 12.4. The normalized spacial score (nSPS) is 10.6. The summed E-state index contributed by atoms with van der Waals surface area (Å²) in [6.45, 7) is 5.45. The number of hydrogen-bond acceptors (Lipinski definition) is 6. The highest BCUT2D eigenvalue weighted by Gasteiger charge is 2.06. The van der Waals surface area contributed by atoms with Gasteiger partial charge in [-0.15, -0.1) is 0 Å². The molecule has 0 saturated heterocycles. The molecule has 112 valence electrons. The summed E-state index contributed by atoms with van der Waals surface area (Å²) < 4.78 is 9.91. The molecule has 0 aliphatic heterocycles. The van der Waals surface area contributed by atoms with Gasteiger partial charge < -0.3 is 19.7 Å². The monoisotopic (exact) mass is 281 g/mol. The fraction of sp³-hybridized carbons (Fsp3) is 0.571. The Morgan fingerprint density at radius 1 is 1.40 bits per heavy atom. The largest absolute Gasteiger partial charge is 0.462 e. The molecule has 0 fully saturated rings. The molecule has 20 heavy (non-hydrogen) atoms. The van der Waals surface area contributed by atoms with Gasteiger partial charge >= 0.3 is 5.97 Å². The summed E-state index contributed by atoms with van der Waals surface area (Å²) in [6, 6.07) is 3.49. The number of nitrogens with one attached hydrogen (secondary N) is 1. The van der Waals surface area contributed by atoms with E-state index >= 15 is 0 Å². The van der Waals surface area contributed by atoms with Crippen molar-refractivity contribution in [2.75, 3.05) is 52.3 Å². The van der Waals surface area contributed by atoms with Crippen LogP contribution in [0.4, 0.5) is 5.82 Å². The first-order valence-corrected chi connectivity index (χ1v) is 6.72. The Hall–Kier alpha value is -1.66. The van der Waals surface area contributed by atoms with E-state index < -0.39 is 0 Å². The SMILES string of the molecule is CCOC(=O)c1ccc(NCCN(C)CCOC)nc1. The van der Waals surface area contributed by atoms with Crippen LogP contribution in [-0.2, 0) is 9.47 Å². The second-order valence-electron chi connectivity index (χ2n) is 4.38. The maximum Gasteiger partial charge on any atom is 0.339 e. The minimum Gasteiger partial charge on any atom is -0.462 e. The lowest BCUT2D eigenvalue weighted by Gasteiger charge is -2.16. The van der Waals surface area contributed by atoms with E-state index in [1.165, 1.54) is 6.20 Å². The van der Waals surface area contributed by atoms with Crippen LogP contribution in [0.15, 0.2) is 18.3 Å². The lowest BCUT2D eigenvalue weighted by Crippen LogP contribution is -2.28. The van der Waals surface area contributed by atoms with Crippen molar-refractivity contribution in [2.24, 2.45) is 0 Å². The highest BCUT2D eigenvalue weighted by Crippen LogP contribution is 2.06. The number of rotatable bonds is 9. The number of methoxy groups -OCH3 is 1. The third kappa shape index (κ3) is 5.99. The number of anilines is 1. The average Bonchev–Trinajstić information content (AvgIpc) is 2.46. The Kier molecular flexibility index (Phi) is 7.60. The molecule has 1 N–H and O–H groups in total. The predicted molar refractivity (Wildman–Crippen MR) is 78.1 cm³/mol. The fourth-order valence-corrected chi connectivity index (χ4v) is 1.57. The predicted octanol–water partition coefficient (Wildman–Crippen LogP) is 1.25. The Morgan fingerprint density at radius 2 is 2.20 bits per heavy atom. The fourth-order valence-electron chi connectivity index (χ4n) is 1.57. The van der Waals surface area contributed by atoms with Crippen molar-refractivity contribution < 1.29 is 14.3 Å². The van der Waals surface area contributed by atoms with Crippen molar-refractivity contribution in [3.8, 4) is 0 Å². The number of carbonyl (C=O) groups excluding carboxylic acids is 1. The molecule has 0 unspecified atom stereocenters. The molecule has 6 heteroatoms. The van der Waals surface area contributed by atoms with Crippen LogP contribution in [0.3, 0.4) is 0 Å². The van der Waals surface area contributed by atoms with Crippen LogP contribution < -0.4 is 5.32 Å². The van der Waals surface area contributed by atoms with Gasteiger partial charge in [0.2, 0.25) is 0 Å². The summed E-state index contributed by atoms with van der Waals surface area (Å²) in [5.41, 5.74) is 0.467. The Balaban J connectivity index is 2.33. The van der Waals surface area contributed by atoms with Gasteiger partial charge in [0.25, 0.3) is 0 Å². The number of carbonyl (C=O) groups is 1. The smallest absolute Gasteiger partial charge is 0.339 e. The van der Waals surface area contributed by atoms with Gasteiger partial charge in [0.1, 0.15) is 5.82 Å². The van der Waals surface area contributed by atoms with Gasteiger partial charge in [0.15, 0.2) is 0 Å². The van der Waals surface area contributed by atoms with Crippen molar-refractivity contribution in [2.45, 2.75) is 6.92 Å². The van der Waals surface area contributed by atoms with Crippen molar-refractivity contribution in [3.05, 3.63) is 23.9 Å². The van der Waals surface area contributed by atoms with Crippen LogP contribution in [-0.4, -0.2) is 62.9 Å². The summed E-state index contributed by atoms with van der Waals surface area (Å²) in [5.74, 6) is 0.407. The molecule has 0 aliphatic rings. The Bertz CT molecular complexity index is 395. The van der Waals surface area contributed by atoms with E-state index in [4.69, 9.17) is 9.47 Å². The van der Waals surface area contributed by atoms with E-state index in [-0.39, 0.29) is 5.97 Å². The molecule has 6 nitrogen and oxygen atoms in total. The van der Waals surface area contributed by atoms with Crippen LogP contribution in [0.1, 0.15) is 17.3 Å². The summed E-state index contributed by atoms with van der Waals surface area (Å²) in [6.07, 6.45) is 1.52. The molecular weight excluding hydrogens is 258 g/mol. The topological polar surface area (TPSA) is 63.7 Å². The van der Waals surface area contributed by atoms with Crippen molar-refractivity contribution >= 4 is 11.8 Å². The van der Waals surface area contributed by atoms with Crippen LogP contribution >= 0.6 is 0 Å². The molecule has 1 aromatic heterocycles. The van der Waals surface area contributed by atoms with Gasteiger partial charge in [-0.2, -0.15) is 0 Å². The third-order valence-electron chi connectivity index (χ3n) is 2.75. The average molecular weight is 281 g/mol. The van der Waals surface area contributed by atoms with Gasteiger partial charge in [0, 0.05) is 32.9 Å². The number of ether oxygens (including phenoxy) is 2. The van der Waals surface area contributed by atoms with Gasteiger partial charge in [-0.3, -0.25) is 0 Å². The zero-order valence-corrected chi connectivity index (χ0v) is 12.4. The Morgan fingerprint density at radius 3 is 2.80 bits per heavy atom. The van der Waals surface area contributed by atoms with Gasteiger partial charge in [-0.05, 0) is 26.1 Å². The molecule has 0 radical (unpaired) electrons. The minimum atomic E-state index is -0.342. The second kappa shape index (κ2) is 9.28. The lowest BCUT2D eigenvalue weighted by molar-refractivity contribution is 0.0526. The molecule has 0 bridgehead atoms. The molecule has 0 saturated carbocycles. The number of hydrogen-bond donors (Lipinski definition) is 1. The first-order valence-electron chi connectivity index (χ1n) is 6.72. The van der Waals surface area contributed by atoms with E-state index in [9.17, 15) is 4.79 Å². The van der Waals surface area contributed by atoms with Crippen molar-refractivity contribution in [3.63, 3.8) is 0 Å². The minimum absolute atomic E-state index is 0.342. The molecule has 1 rings (SSSR count). The number of esters is 1. The van der Waals surface area contributed by atoms with Crippen LogP contribution in [0.2, 0.25) is 0 Å². The van der Waals surface area contributed by atoms with E-state index in [0.29, 0.717) is 12.2 Å². The van der Waals surface area contributed by atoms with E-state index in [0.717, 1.165) is 32.1 Å². The number of likely N-dealkylation sites (N-methyl/N-ethyl adjacent to an activating group) is 1. The molecule has 1 heterocycles. The van der Waals surface area contributed by atoms with Crippen LogP contribution in [0, 0.1) is 0 Å². The molecule has 0 atom stereocenters. The van der Waals surface area contributed by atoms with Gasteiger partial charge in [-0.1, -0.05) is 0 Å². The maximum atomic E-state index is 11.5. The van der Waals surface area contributed by atoms with Crippen molar-refractivity contribution in [1.82, 2.24) is 9.88 Å². The number of pyridine rings is 1. The standard InChI is InChI=1S/C14H23N3O3/c1-4-20-14(18)12-5-6-13(16-11-12)15-7-8-17(2)9-10-19-3/h5-6,11H,4,7-10H2,1-3H3,(H,15,16).